The number of aliphatic hydroxyl groups is 1. The fourth-order valence-corrected chi connectivity index (χ4v) is 2.86. The van der Waals surface area contributed by atoms with Crippen molar-refractivity contribution < 1.29 is 14.2 Å². The van der Waals surface area contributed by atoms with Gasteiger partial charge in [0, 0.05) is 22.0 Å². The first-order valence-electron chi connectivity index (χ1n) is 6.45. The molecule has 2 aromatic rings. The normalized spacial score (nSPS) is 21.2. The third kappa shape index (κ3) is 2.45. The lowest BCUT2D eigenvalue weighted by Gasteiger charge is -2.30. The van der Waals surface area contributed by atoms with Crippen molar-refractivity contribution in [2.45, 2.75) is 25.6 Å². The summed E-state index contributed by atoms with van der Waals surface area (Å²) < 4.78 is 20.7. The molecule has 1 N–H and O–H groups in total. The van der Waals surface area contributed by atoms with Crippen LogP contribution in [0.15, 0.2) is 40.9 Å². The topological polar surface area (TPSA) is 29.5 Å². The predicted octanol–water partition coefficient (Wildman–Crippen LogP) is 4.45. The summed E-state index contributed by atoms with van der Waals surface area (Å²) in [4.78, 5) is 0. The number of fused-ring (bicyclic) bond motifs is 1. The maximum atomic E-state index is 14.0. The highest BCUT2D eigenvalue weighted by Gasteiger charge is 2.29. The van der Waals surface area contributed by atoms with E-state index in [0.717, 1.165) is 15.6 Å². The highest BCUT2D eigenvalue weighted by atomic mass is 79.9. The first kappa shape index (κ1) is 13.6. The molecule has 0 saturated carbocycles. The molecule has 0 bridgehead atoms. The van der Waals surface area contributed by atoms with Gasteiger partial charge in [-0.3, -0.25) is 0 Å². The lowest BCUT2D eigenvalue weighted by molar-refractivity contribution is 0.0639. The fourth-order valence-electron chi connectivity index (χ4n) is 2.52. The summed E-state index contributed by atoms with van der Waals surface area (Å²) in [5.74, 6) is 0.301. The molecule has 2 atom stereocenters. The van der Waals surface area contributed by atoms with E-state index in [1.807, 2.05) is 19.1 Å². The molecule has 1 aliphatic rings. The van der Waals surface area contributed by atoms with Gasteiger partial charge in [-0.25, -0.2) is 4.39 Å². The average Bonchev–Trinajstić information content (AvgIpc) is 2.41. The van der Waals surface area contributed by atoms with Crippen molar-refractivity contribution in [3.05, 3.63) is 63.4 Å². The number of benzene rings is 2. The number of halogens is 2. The minimum Gasteiger partial charge on any atom is -0.485 e. The molecule has 4 heteroatoms. The van der Waals surface area contributed by atoms with Crippen molar-refractivity contribution in [2.75, 3.05) is 0 Å². The molecule has 20 heavy (non-hydrogen) atoms. The van der Waals surface area contributed by atoms with Gasteiger partial charge in [-0.2, -0.15) is 0 Å². The van der Waals surface area contributed by atoms with E-state index in [1.54, 1.807) is 18.2 Å². The van der Waals surface area contributed by atoms with Gasteiger partial charge in [-0.1, -0.05) is 33.6 Å². The molecule has 0 saturated heterocycles. The summed E-state index contributed by atoms with van der Waals surface area (Å²) in [6.45, 7) is 1.91. The third-order valence-electron chi connectivity index (χ3n) is 3.54. The summed E-state index contributed by atoms with van der Waals surface area (Å²) in [7, 11) is 0. The maximum Gasteiger partial charge on any atom is 0.130 e. The van der Waals surface area contributed by atoms with Gasteiger partial charge in [-0.15, -0.1) is 0 Å². The Balaban J connectivity index is 2.00. The van der Waals surface area contributed by atoms with Crippen LogP contribution in [0.25, 0.3) is 0 Å². The standard InChI is InChI=1S/C16H14BrFO2/c1-9-2-5-13(18)12(6-9)16-8-14(19)11-4-3-10(17)7-15(11)20-16/h2-7,14,16,19H,8H2,1H3/t14-,16?/m1/s1. The number of aryl methyl sites for hydroxylation is 1. The average molecular weight is 337 g/mol. The summed E-state index contributed by atoms with van der Waals surface area (Å²) in [5, 5.41) is 10.2. The molecule has 1 aliphatic heterocycles. The second kappa shape index (κ2) is 5.19. The van der Waals surface area contributed by atoms with Crippen LogP contribution in [0.1, 0.15) is 35.3 Å². The van der Waals surface area contributed by atoms with Gasteiger partial charge in [0.1, 0.15) is 17.7 Å². The molecule has 1 heterocycles. The molecule has 2 aromatic carbocycles. The second-order valence-electron chi connectivity index (χ2n) is 5.07. The summed E-state index contributed by atoms with van der Waals surface area (Å²) in [5.41, 5.74) is 2.21. The van der Waals surface area contributed by atoms with Crippen LogP contribution in [0.4, 0.5) is 4.39 Å². The van der Waals surface area contributed by atoms with Gasteiger partial charge >= 0.3 is 0 Å². The summed E-state index contributed by atoms with van der Waals surface area (Å²) >= 11 is 3.38. The van der Waals surface area contributed by atoms with E-state index in [2.05, 4.69) is 15.9 Å². The van der Waals surface area contributed by atoms with Crippen molar-refractivity contribution >= 4 is 15.9 Å². The number of aliphatic hydroxyl groups excluding tert-OH is 1. The van der Waals surface area contributed by atoms with Crippen LogP contribution in [0, 0.1) is 12.7 Å². The Hall–Kier alpha value is -1.39. The zero-order valence-corrected chi connectivity index (χ0v) is 12.5. The van der Waals surface area contributed by atoms with Crippen LogP contribution in [0.5, 0.6) is 5.75 Å². The van der Waals surface area contributed by atoms with Crippen molar-refractivity contribution in [1.82, 2.24) is 0 Å². The smallest absolute Gasteiger partial charge is 0.130 e. The SMILES string of the molecule is Cc1ccc(F)c(C2C[C@@H](O)c3ccc(Br)cc3O2)c1. The second-order valence-corrected chi connectivity index (χ2v) is 5.98. The third-order valence-corrected chi connectivity index (χ3v) is 4.03. The Bertz CT molecular complexity index is 657. The Morgan fingerprint density at radius 1 is 1.20 bits per heavy atom. The van der Waals surface area contributed by atoms with E-state index in [0.29, 0.717) is 17.7 Å². The summed E-state index contributed by atoms with van der Waals surface area (Å²) in [6.07, 6.45) is -0.752. The molecule has 0 fully saturated rings. The largest absolute Gasteiger partial charge is 0.485 e. The Morgan fingerprint density at radius 3 is 2.80 bits per heavy atom. The molecule has 104 valence electrons. The van der Waals surface area contributed by atoms with E-state index < -0.39 is 12.2 Å². The molecule has 0 spiro atoms. The van der Waals surface area contributed by atoms with E-state index >= 15 is 0 Å². The van der Waals surface area contributed by atoms with E-state index in [1.165, 1.54) is 6.07 Å². The van der Waals surface area contributed by atoms with Gasteiger partial charge in [0.15, 0.2) is 0 Å². The first-order valence-corrected chi connectivity index (χ1v) is 7.24. The van der Waals surface area contributed by atoms with Crippen LogP contribution in [-0.2, 0) is 0 Å². The van der Waals surface area contributed by atoms with Crippen LogP contribution in [0.2, 0.25) is 0 Å². The van der Waals surface area contributed by atoms with Crippen LogP contribution < -0.4 is 4.74 Å². The van der Waals surface area contributed by atoms with Gasteiger partial charge in [-0.05, 0) is 31.2 Å². The van der Waals surface area contributed by atoms with Crippen molar-refractivity contribution in [3.63, 3.8) is 0 Å². The number of ether oxygens (including phenoxy) is 1. The first-order chi connectivity index (χ1) is 9.54. The molecule has 0 amide bonds. The van der Waals surface area contributed by atoms with E-state index in [-0.39, 0.29) is 5.82 Å². The van der Waals surface area contributed by atoms with Crippen molar-refractivity contribution in [3.8, 4) is 5.75 Å². The monoisotopic (exact) mass is 336 g/mol. The zero-order chi connectivity index (χ0) is 14.3. The highest BCUT2D eigenvalue weighted by molar-refractivity contribution is 9.10. The minimum absolute atomic E-state index is 0.300. The Morgan fingerprint density at radius 2 is 2.00 bits per heavy atom. The Labute approximate surface area is 125 Å². The fraction of sp³-hybridized carbons (Fsp3) is 0.250. The minimum atomic E-state index is -0.642. The lowest BCUT2D eigenvalue weighted by Crippen LogP contribution is -2.20. The van der Waals surface area contributed by atoms with Crippen LogP contribution in [-0.4, -0.2) is 5.11 Å². The maximum absolute atomic E-state index is 14.0. The van der Waals surface area contributed by atoms with E-state index in [9.17, 15) is 9.50 Å². The summed E-state index contributed by atoms with van der Waals surface area (Å²) in [6, 6.07) is 10.4. The molecule has 2 nitrogen and oxygen atoms in total. The molecule has 0 aromatic heterocycles. The zero-order valence-electron chi connectivity index (χ0n) is 10.9. The lowest BCUT2D eigenvalue weighted by atomic mass is 9.94. The van der Waals surface area contributed by atoms with Crippen molar-refractivity contribution in [1.29, 1.82) is 0 Å². The number of hydrogen-bond acceptors (Lipinski definition) is 2. The van der Waals surface area contributed by atoms with Gasteiger partial charge in [0.25, 0.3) is 0 Å². The molecule has 3 rings (SSSR count). The quantitative estimate of drug-likeness (QED) is 0.833. The Kier molecular flexibility index (Phi) is 3.52. The van der Waals surface area contributed by atoms with Gasteiger partial charge in [0.05, 0.1) is 6.10 Å². The van der Waals surface area contributed by atoms with Crippen LogP contribution in [0.3, 0.4) is 0 Å². The molecule has 0 radical (unpaired) electrons. The molecular weight excluding hydrogens is 323 g/mol. The van der Waals surface area contributed by atoms with Crippen LogP contribution >= 0.6 is 15.9 Å². The molecule has 1 unspecified atom stereocenters. The van der Waals surface area contributed by atoms with E-state index in [4.69, 9.17) is 4.74 Å². The predicted molar refractivity (Wildman–Crippen MR) is 78.2 cm³/mol. The molecule has 0 aliphatic carbocycles. The highest BCUT2D eigenvalue weighted by Crippen LogP contribution is 2.42. The van der Waals surface area contributed by atoms with Gasteiger partial charge in [0.2, 0.25) is 0 Å². The number of rotatable bonds is 1. The number of hydrogen-bond donors (Lipinski definition) is 1. The van der Waals surface area contributed by atoms with Crippen molar-refractivity contribution in [2.24, 2.45) is 0 Å². The molecular formula is C16H14BrFO2. The van der Waals surface area contributed by atoms with Gasteiger partial charge < -0.3 is 9.84 Å².